The Bertz CT molecular complexity index is 1420. The molecular weight excluding hydrogens is 498 g/mol. The SMILES string of the molecule is CCOC(=O)C1(c2ccc(-c3ccc(-c4onc(C)c4CC(O)S(=O)Cc4ccccc4)cc3)cc2)CC1. The summed E-state index contributed by atoms with van der Waals surface area (Å²) in [7, 11) is -1.45. The first kappa shape index (κ1) is 26.1. The van der Waals surface area contributed by atoms with E-state index in [9.17, 15) is 14.1 Å². The Balaban J connectivity index is 1.29. The van der Waals surface area contributed by atoms with Crippen LogP contribution in [-0.2, 0) is 37.9 Å². The van der Waals surface area contributed by atoms with E-state index in [2.05, 4.69) is 5.16 Å². The molecule has 0 saturated heterocycles. The van der Waals surface area contributed by atoms with Gasteiger partial charge in [-0.05, 0) is 48.9 Å². The Morgan fingerprint density at radius 2 is 1.61 bits per heavy atom. The minimum atomic E-state index is -1.45. The number of aryl methyl sites for hydroxylation is 1. The maximum Gasteiger partial charge on any atom is 0.316 e. The van der Waals surface area contributed by atoms with Crippen molar-refractivity contribution >= 4 is 16.8 Å². The second-order valence-corrected chi connectivity index (χ2v) is 11.3. The van der Waals surface area contributed by atoms with Gasteiger partial charge in [-0.15, -0.1) is 0 Å². The molecule has 1 saturated carbocycles. The quantitative estimate of drug-likeness (QED) is 0.264. The predicted molar refractivity (Wildman–Crippen MR) is 148 cm³/mol. The lowest BCUT2D eigenvalue weighted by Crippen LogP contribution is -2.23. The molecule has 1 heterocycles. The highest BCUT2D eigenvalue weighted by Crippen LogP contribution is 2.49. The van der Waals surface area contributed by atoms with E-state index in [0.29, 0.717) is 18.1 Å². The molecule has 5 rings (SSSR count). The van der Waals surface area contributed by atoms with Crippen LogP contribution in [0.5, 0.6) is 0 Å². The summed E-state index contributed by atoms with van der Waals surface area (Å²) < 4.78 is 23.7. The third-order valence-corrected chi connectivity index (χ3v) is 8.54. The predicted octanol–water partition coefficient (Wildman–Crippen LogP) is 5.72. The molecule has 1 N–H and O–H groups in total. The van der Waals surface area contributed by atoms with Gasteiger partial charge in [-0.1, -0.05) is 84.0 Å². The van der Waals surface area contributed by atoms with Crippen LogP contribution < -0.4 is 0 Å². The van der Waals surface area contributed by atoms with Gasteiger partial charge in [0.15, 0.2) is 5.76 Å². The second-order valence-electron chi connectivity index (χ2n) is 9.70. The average Bonchev–Trinajstić information content (AvgIpc) is 3.68. The fourth-order valence-electron chi connectivity index (χ4n) is 4.76. The van der Waals surface area contributed by atoms with E-state index in [4.69, 9.17) is 9.26 Å². The molecule has 38 heavy (non-hydrogen) atoms. The van der Waals surface area contributed by atoms with Crippen molar-refractivity contribution < 1.29 is 23.4 Å². The Hall–Kier alpha value is -3.55. The van der Waals surface area contributed by atoms with Crippen molar-refractivity contribution in [2.45, 2.75) is 49.7 Å². The summed E-state index contributed by atoms with van der Waals surface area (Å²) in [4.78, 5) is 12.4. The van der Waals surface area contributed by atoms with Gasteiger partial charge in [0.05, 0.1) is 34.3 Å². The molecule has 2 atom stereocenters. The number of hydrogen-bond acceptors (Lipinski definition) is 6. The van der Waals surface area contributed by atoms with Crippen LogP contribution in [0.15, 0.2) is 83.4 Å². The maximum atomic E-state index is 12.7. The minimum Gasteiger partial charge on any atom is -0.465 e. The largest absolute Gasteiger partial charge is 0.465 e. The summed E-state index contributed by atoms with van der Waals surface area (Å²) in [6.45, 7) is 4.05. The van der Waals surface area contributed by atoms with Gasteiger partial charge < -0.3 is 14.4 Å². The molecule has 0 spiro atoms. The summed E-state index contributed by atoms with van der Waals surface area (Å²) in [5.41, 5.74) is 4.74. The molecule has 6 nitrogen and oxygen atoms in total. The lowest BCUT2D eigenvalue weighted by atomic mass is 9.93. The number of benzene rings is 3. The van der Waals surface area contributed by atoms with E-state index in [1.807, 2.05) is 92.7 Å². The van der Waals surface area contributed by atoms with Crippen molar-refractivity contribution in [3.05, 3.63) is 101 Å². The molecule has 0 aliphatic heterocycles. The van der Waals surface area contributed by atoms with E-state index >= 15 is 0 Å². The van der Waals surface area contributed by atoms with Crippen LogP contribution in [-0.4, -0.2) is 32.5 Å². The van der Waals surface area contributed by atoms with Crippen LogP contribution in [0.25, 0.3) is 22.5 Å². The Labute approximate surface area is 225 Å². The Morgan fingerprint density at radius 3 is 2.21 bits per heavy atom. The normalized spacial score (nSPS) is 15.6. The molecule has 0 radical (unpaired) electrons. The van der Waals surface area contributed by atoms with Crippen LogP contribution in [0.4, 0.5) is 0 Å². The molecule has 1 aliphatic rings. The second kappa shape index (κ2) is 11.1. The van der Waals surface area contributed by atoms with Gasteiger partial charge in [0.1, 0.15) is 5.44 Å². The molecule has 7 heteroatoms. The number of rotatable bonds is 10. The zero-order valence-electron chi connectivity index (χ0n) is 21.6. The number of ether oxygens (including phenoxy) is 1. The highest BCUT2D eigenvalue weighted by atomic mass is 32.2. The van der Waals surface area contributed by atoms with E-state index < -0.39 is 21.7 Å². The first-order valence-electron chi connectivity index (χ1n) is 12.8. The molecule has 0 bridgehead atoms. The van der Waals surface area contributed by atoms with Gasteiger partial charge in [-0.2, -0.15) is 0 Å². The number of aliphatic hydroxyl groups excluding tert-OH is 1. The number of nitrogens with zero attached hydrogens (tertiary/aromatic N) is 1. The Kier molecular flexibility index (Phi) is 7.58. The summed E-state index contributed by atoms with van der Waals surface area (Å²) in [5.74, 6) is 0.727. The maximum absolute atomic E-state index is 12.7. The van der Waals surface area contributed by atoms with Crippen molar-refractivity contribution in [3.63, 3.8) is 0 Å². The zero-order chi connectivity index (χ0) is 26.7. The molecule has 1 fully saturated rings. The highest BCUT2D eigenvalue weighted by Gasteiger charge is 2.52. The van der Waals surface area contributed by atoms with Crippen molar-refractivity contribution in [1.82, 2.24) is 5.16 Å². The third-order valence-electron chi connectivity index (χ3n) is 7.15. The molecule has 1 aliphatic carbocycles. The smallest absolute Gasteiger partial charge is 0.316 e. The standard InChI is InChI=1S/C31H31NO5S/c1-3-36-30(34)31(17-18-31)26-15-13-24(14-16-26)23-9-11-25(12-10-23)29-27(21(2)32-37-29)19-28(33)38(35)20-22-7-5-4-6-8-22/h4-16,28,33H,3,17-20H2,1-2H3. The third kappa shape index (κ3) is 5.35. The van der Waals surface area contributed by atoms with Gasteiger partial charge in [0.25, 0.3) is 0 Å². The Morgan fingerprint density at radius 1 is 1.00 bits per heavy atom. The van der Waals surface area contributed by atoms with Crippen LogP contribution in [0, 0.1) is 6.92 Å². The monoisotopic (exact) mass is 529 g/mol. The van der Waals surface area contributed by atoms with Crippen molar-refractivity contribution in [2.24, 2.45) is 0 Å². The fraction of sp³-hybridized carbons (Fsp3) is 0.290. The first-order chi connectivity index (χ1) is 18.4. The lowest BCUT2D eigenvalue weighted by molar-refractivity contribution is -0.146. The fourth-order valence-corrected chi connectivity index (χ4v) is 5.82. The van der Waals surface area contributed by atoms with Crippen LogP contribution in [0.3, 0.4) is 0 Å². The van der Waals surface area contributed by atoms with Crippen LogP contribution in [0.1, 0.15) is 42.1 Å². The van der Waals surface area contributed by atoms with Crippen molar-refractivity contribution in [3.8, 4) is 22.5 Å². The topological polar surface area (TPSA) is 89.6 Å². The molecule has 0 amide bonds. The van der Waals surface area contributed by atoms with Gasteiger partial charge in [-0.25, -0.2) is 0 Å². The van der Waals surface area contributed by atoms with E-state index in [1.54, 1.807) is 0 Å². The molecule has 196 valence electrons. The number of aromatic nitrogens is 1. The number of hydrogen-bond donors (Lipinski definition) is 1. The summed E-state index contributed by atoms with van der Waals surface area (Å²) in [5, 5.41) is 14.8. The van der Waals surface area contributed by atoms with Gasteiger partial charge in [0.2, 0.25) is 0 Å². The van der Waals surface area contributed by atoms with E-state index in [-0.39, 0.29) is 18.1 Å². The van der Waals surface area contributed by atoms with Crippen molar-refractivity contribution in [2.75, 3.05) is 6.61 Å². The van der Waals surface area contributed by atoms with Crippen LogP contribution in [0.2, 0.25) is 0 Å². The number of carbonyl (C=O) groups excluding carboxylic acids is 1. The zero-order valence-corrected chi connectivity index (χ0v) is 22.4. The number of aliphatic hydroxyl groups is 1. The molecular formula is C31H31NO5S. The number of carbonyl (C=O) groups is 1. The van der Waals surface area contributed by atoms with Crippen molar-refractivity contribution in [1.29, 1.82) is 0 Å². The van der Waals surface area contributed by atoms with Gasteiger partial charge >= 0.3 is 5.97 Å². The van der Waals surface area contributed by atoms with E-state index in [1.165, 1.54) is 0 Å². The summed E-state index contributed by atoms with van der Waals surface area (Å²) >= 11 is 0. The van der Waals surface area contributed by atoms with Crippen LogP contribution >= 0.6 is 0 Å². The molecule has 1 aromatic heterocycles. The summed E-state index contributed by atoms with van der Waals surface area (Å²) in [6, 6.07) is 25.5. The average molecular weight is 530 g/mol. The molecule has 3 aromatic carbocycles. The minimum absolute atomic E-state index is 0.135. The van der Waals surface area contributed by atoms with E-state index in [0.717, 1.165) is 46.2 Å². The lowest BCUT2D eigenvalue weighted by Gasteiger charge is -2.14. The number of esters is 1. The first-order valence-corrected chi connectivity index (χ1v) is 14.2. The molecule has 2 unspecified atom stereocenters. The highest BCUT2D eigenvalue weighted by molar-refractivity contribution is 7.84. The molecule has 4 aromatic rings. The van der Waals surface area contributed by atoms with Gasteiger partial charge in [0, 0.05) is 17.5 Å². The van der Waals surface area contributed by atoms with Gasteiger partial charge in [-0.3, -0.25) is 9.00 Å². The summed E-state index contributed by atoms with van der Waals surface area (Å²) in [6.07, 6.45) is 1.84.